The van der Waals surface area contributed by atoms with Gasteiger partial charge in [-0.05, 0) is 67.8 Å². The zero-order valence-electron chi connectivity index (χ0n) is 16.6. The first-order valence-electron chi connectivity index (χ1n) is 10.4. The monoisotopic (exact) mass is 376 g/mol. The van der Waals surface area contributed by atoms with Crippen molar-refractivity contribution in [2.75, 3.05) is 6.61 Å². The van der Waals surface area contributed by atoms with Crippen LogP contribution < -0.4 is 0 Å². The molecular weight excluding hydrogens is 344 g/mol. The molecule has 0 saturated heterocycles. The Balaban J connectivity index is 1.74. The molecular formula is C22H32O5. The van der Waals surface area contributed by atoms with Gasteiger partial charge in [-0.1, -0.05) is 26.3 Å². The molecule has 0 aromatic heterocycles. The molecule has 27 heavy (non-hydrogen) atoms. The highest BCUT2D eigenvalue weighted by atomic mass is 16.3. The van der Waals surface area contributed by atoms with Crippen molar-refractivity contribution in [3.63, 3.8) is 0 Å². The SMILES string of the molecule is CC1C[C@@]2(C)C(=CC1=O)CC[C@@H]1[C@@H]2C(O)C[C@@]2(C)[C@H]1CC[C@]2(O)C(=O)CO. The maximum atomic E-state index is 12.4. The van der Waals surface area contributed by atoms with E-state index in [0.29, 0.717) is 12.8 Å². The summed E-state index contributed by atoms with van der Waals surface area (Å²) in [5.41, 5.74) is -1.28. The van der Waals surface area contributed by atoms with Crippen molar-refractivity contribution in [1.82, 2.24) is 0 Å². The Hall–Kier alpha value is -1.04. The van der Waals surface area contributed by atoms with E-state index in [2.05, 4.69) is 6.92 Å². The Morgan fingerprint density at radius 1 is 1.26 bits per heavy atom. The van der Waals surface area contributed by atoms with Crippen LogP contribution in [0.1, 0.15) is 59.3 Å². The van der Waals surface area contributed by atoms with Gasteiger partial charge in [0, 0.05) is 11.3 Å². The summed E-state index contributed by atoms with van der Waals surface area (Å²) in [6, 6.07) is 0. The second-order valence-corrected chi connectivity index (χ2v) is 10.1. The van der Waals surface area contributed by atoms with Crippen molar-refractivity contribution in [2.24, 2.45) is 34.5 Å². The molecule has 0 radical (unpaired) electrons. The summed E-state index contributed by atoms with van der Waals surface area (Å²) in [5, 5.41) is 31.9. The fourth-order valence-electron chi connectivity index (χ4n) is 7.62. The predicted octanol–water partition coefficient (Wildman–Crippen LogP) is 2.03. The lowest BCUT2D eigenvalue weighted by Crippen LogP contribution is -2.62. The van der Waals surface area contributed by atoms with E-state index >= 15 is 0 Å². The van der Waals surface area contributed by atoms with Gasteiger partial charge in [-0.25, -0.2) is 0 Å². The van der Waals surface area contributed by atoms with Crippen LogP contribution in [-0.4, -0.2) is 45.2 Å². The second kappa shape index (κ2) is 5.98. The van der Waals surface area contributed by atoms with Crippen LogP contribution in [-0.2, 0) is 9.59 Å². The summed E-state index contributed by atoms with van der Waals surface area (Å²) in [5.74, 6) is 0.0733. The molecule has 0 aliphatic heterocycles. The third-order valence-corrected chi connectivity index (χ3v) is 8.96. The average Bonchev–Trinajstić information content (AvgIpc) is 2.87. The third-order valence-electron chi connectivity index (χ3n) is 8.96. The largest absolute Gasteiger partial charge is 0.393 e. The Morgan fingerprint density at radius 2 is 1.96 bits per heavy atom. The van der Waals surface area contributed by atoms with Gasteiger partial charge in [0.15, 0.2) is 11.6 Å². The average molecular weight is 376 g/mol. The van der Waals surface area contributed by atoms with E-state index in [1.54, 1.807) is 0 Å². The molecule has 5 nitrogen and oxygen atoms in total. The summed E-state index contributed by atoms with van der Waals surface area (Å²) in [4.78, 5) is 24.6. The number of hydrogen-bond donors (Lipinski definition) is 3. The molecule has 3 saturated carbocycles. The normalized spacial score (nSPS) is 51.9. The lowest BCUT2D eigenvalue weighted by atomic mass is 9.45. The smallest absolute Gasteiger partial charge is 0.190 e. The van der Waals surface area contributed by atoms with Gasteiger partial charge in [0.05, 0.1) is 6.10 Å². The highest BCUT2D eigenvalue weighted by molar-refractivity contribution is 5.93. The molecule has 0 heterocycles. The molecule has 0 aromatic carbocycles. The van der Waals surface area contributed by atoms with Crippen LogP contribution in [0, 0.1) is 34.5 Å². The molecule has 4 rings (SSSR count). The van der Waals surface area contributed by atoms with Gasteiger partial charge < -0.3 is 15.3 Å². The number of hydrogen-bond acceptors (Lipinski definition) is 5. The highest BCUT2D eigenvalue weighted by Gasteiger charge is 2.68. The fourth-order valence-corrected chi connectivity index (χ4v) is 7.62. The quantitative estimate of drug-likeness (QED) is 0.685. The predicted molar refractivity (Wildman–Crippen MR) is 99.7 cm³/mol. The van der Waals surface area contributed by atoms with E-state index in [1.165, 1.54) is 5.57 Å². The zero-order valence-corrected chi connectivity index (χ0v) is 16.6. The highest BCUT2D eigenvalue weighted by Crippen LogP contribution is 2.67. The van der Waals surface area contributed by atoms with Gasteiger partial charge in [0.2, 0.25) is 0 Å². The van der Waals surface area contributed by atoms with Crippen LogP contribution in [0.5, 0.6) is 0 Å². The lowest BCUT2D eigenvalue weighted by molar-refractivity contribution is -0.183. The number of carbonyl (C=O) groups is 2. The van der Waals surface area contributed by atoms with Gasteiger partial charge in [-0.3, -0.25) is 9.59 Å². The van der Waals surface area contributed by atoms with Crippen molar-refractivity contribution in [1.29, 1.82) is 0 Å². The van der Waals surface area contributed by atoms with Gasteiger partial charge in [-0.2, -0.15) is 0 Å². The Bertz CT molecular complexity index is 713. The number of ketones is 2. The van der Waals surface area contributed by atoms with Crippen molar-refractivity contribution >= 4 is 11.6 Å². The number of rotatable bonds is 2. The molecule has 3 N–H and O–H groups in total. The molecule has 0 spiro atoms. The summed E-state index contributed by atoms with van der Waals surface area (Å²) in [6.45, 7) is 5.44. The van der Waals surface area contributed by atoms with Gasteiger partial charge in [0.1, 0.15) is 12.2 Å². The summed E-state index contributed by atoms with van der Waals surface area (Å²) >= 11 is 0. The minimum atomic E-state index is -1.55. The molecule has 5 heteroatoms. The van der Waals surface area contributed by atoms with E-state index in [4.69, 9.17) is 0 Å². The lowest BCUT2D eigenvalue weighted by Gasteiger charge is -2.60. The van der Waals surface area contributed by atoms with Crippen LogP contribution in [0.3, 0.4) is 0 Å². The Labute approximate surface area is 160 Å². The Kier molecular flexibility index (Phi) is 4.27. The van der Waals surface area contributed by atoms with Crippen LogP contribution in [0.4, 0.5) is 0 Å². The molecule has 4 aliphatic rings. The van der Waals surface area contributed by atoms with E-state index in [0.717, 1.165) is 25.7 Å². The van der Waals surface area contributed by atoms with Gasteiger partial charge in [0.25, 0.3) is 0 Å². The van der Waals surface area contributed by atoms with Crippen LogP contribution in [0.25, 0.3) is 0 Å². The Morgan fingerprint density at radius 3 is 2.63 bits per heavy atom. The molecule has 0 bridgehead atoms. The van der Waals surface area contributed by atoms with E-state index in [-0.39, 0.29) is 34.9 Å². The maximum Gasteiger partial charge on any atom is 0.190 e. The van der Waals surface area contributed by atoms with Crippen molar-refractivity contribution in [2.45, 2.75) is 71.0 Å². The molecule has 2 unspecified atom stereocenters. The van der Waals surface area contributed by atoms with Crippen LogP contribution >= 0.6 is 0 Å². The first-order chi connectivity index (χ1) is 12.6. The summed E-state index contributed by atoms with van der Waals surface area (Å²) in [6.07, 6.45) is 5.17. The molecule has 0 aromatic rings. The number of allylic oxidation sites excluding steroid dienone is 1. The summed E-state index contributed by atoms with van der Waals surface area (Å²) in [7, 11) is 0. The zero-order chi connectivity index (χ0) is 19.8. The van der Waals surface area contributed by atoms with Gasteiger partial charge >= 0.3 is 0 Å². The van der Waals surface area contributed by atoms with E-state index in [1.807, 2.05) is 19.9 Å². The van der Waals surface area contributed by atoms with E-state index in [9.17, 15) is 24.9 Å². The fraction of sp³-hybridized carbons (Fsp3) is 0.818. The minimum Gasteiger partial charge on any atom is -0.393 e. The molecule has 150 valence electrons. The first-order valence-corrected chi connectivity index (χ1v) is 10.4. The van der Waals surface area contributed by atoms with Crippen molar-refractivity contribution in [3.8, 4) is 0 Å². The molecule has 3 fully saturated rings. The maximum absolute atomic E-state index is 12.4. The second-order valence-electron chi connectivity index (χ2n) is 10.1. The number of aliphatic hydroxyl groups excluding tert-OH is 2. The van der Waals surface area contributed by atoms with Crippen molar-refractivity contribution in [3.05, 3.63) is 11.6 Å². The molecule has 0 amide bonds. The van der Waals surface area contributed by atoms with Crippen molar-refractivity contribution < 1.29 is 24.9 Å². The molecule has 8 atom stereocenters. The number of fused-ring (bicyclic) bond motifs is 5. The van der Waals surface area contributed by atoms with Crippen LogP contribution in [0.15, 0.2) is 11.6 Å². The molecule has 4 aliphatic carbocycles. The van der Waals surface area contributed by atoms with Gasteiger partial charge in [-0.15, -0.1) is 0 Å². The number of carbonyl (C=O) groups excluding carboxylic acids is 2. The minimum absolute atomic E-state index is 0.0329. The van der Waals surface area contributed by atoms with E-state index < -0.39 is 29.5 Å². The first kappa shape index (κ1) is 19.3. The number of aliphatic hydroxyl groups is 3. The number of Topliss-reactive ketones (excluding diaryl/α,β-unsaturated/α-hetero) is 1. The third kappa shape index (κ3) is 2.34. The standard InChI is InChI=1S/C22H32O5/c1-12-9-20(2)13(8-16(12)24)4-5-14-15-6-7-22(27,18(26)11-23)21(15,3)10-17(25)19(14)20/h8,12,14-15,17,19,23,25,27H,4-7,9-11H2,1-3H3/t12?,14-,15-,17?,19+,20-,21-,22-/m0/s1. The summed E-state index contributed by atoms with van der Waals surface area (Å²) < 4.78 is 0. The van der Waals surface area contributed by atoms with Crippen LogP contribution in [0.2, 0.25) is 0 Å². The topological polar surface area (TPSA) is 94.8 Å².